The number of carbonyl (C=O) groups is 2. The number of allylic oxidation sites excluding steroid dienone is 2. The molecule has 28 heavy (non-hydrogen) atoms. The van der Waals surface area contributed by atoms with E-state index in [1.807, 2.05) is 12.1 Å². The normalized spacial score (nSPS) is 19.1. The Labute approximate surface area is 167 Å². The first kappa shape index (κ1) is 20.1. The molecule has 2 unspecified atom stereocenters. The van der Waals surface area contributed by atoms with E-state index in [-0.39, 0.29) is 23.6 Å². The second-order valence-corrected chi connectivity index (χ2v) is 6.88. The van der Waals surface area contributed by atoms with E-state index in [0.717, 1.165) is 5.56 Å². The summed E-state index contributed by atoms with van der Waals surface area (Å²) in [5.74, 6) is -2.82. The van der Waals surface area contributed by atoms with Crippen LogP contribution in [0.5, 0.6) is 5.75 Å². The maximum Gasteiger partial charge on any atom is 0.317 e. The average Bonchev–Trinajstić information content (AvgIpc) is 2.67. The van der Waals surface area contributed by atoms with Crippen molar-refractivity contribution in [3.8, 4) is 5.75 Å². The number of ether oxygens (including phenoxy) is 2. The number of halogens is 2. The Hall–Kier alpha value is -2.66. The van der Waals surface area contributed by atoms with Crippen molar-refractivity contribution in [3.05, 3.63) is 70.5 Å². The molecule has 6 heteroatoms. The zero-order chi connectivity index (χ0) is 20.3. The van der Waals surface area contributed by atoms with Gasteiger partial charge in [-0.1, -0.05) is 29.8 Å². The summed E-state index contributed by atoms with van der Waals surface area (Å²) in [6.45, 7) is 1.80. The number of hydrogen-bond donors (Lipinski definition) is 0. The lowest BCUT2D eigenvalue weighted by Crippen LogP contribution is -2.34. The lowest BCUT2D eigenvalue weighted by molar-refractivity contribution is -0.151. The number of methoxy groups -OCH3 is 1. The predicted molar refractivity (Wildman–Crippen MR) is 105 cm³/mol. The summed E-state index contributed by atoms with van der Waals surface area (Å²) in [6.07, 6.45) is 1.72. The van der Waals surface area contributed by atoms with Crippen LogP contribution in [-0.4, -0.2) is 25.5 Å². The summed E-state index contributed by atoms with van der Waals surface area (Å²) in [5.41, 5.74) is 1.67. The zero-order valence-corrected chi connectivity index (χ0v) is 16.3. The monoisotopic (exact) mass is 402 g/mol. The van der Waals surface area contributed by atoms with Crippen molar-refractivity contribution >= 4 is 28.9 Å². The molecule has 0 bridgehead atoms. The first-order valence-electron chi connectivity index (χ1n) is 8.95. The van der Waals surface area contributed by atoms with Crippen LogP contribution < -0.4 is 4.74 Å². The molecule has 146 valence electrons. The summed E-state index contributed by atoms with van der Waals surface area (Å²) in [7, 11) is 1.57. The molecule has 0 fully saturated rings. The predicted octanol–water partition coefficient (Wildman–Crippen LogP) is 4.81. The second kappa shape index (κ2) is 8.57. The lowest BCUT2D eigenvalue weighted by Gasteiger charge is -2.30. The fraction of sp³-hybridized carbons (Fsp3) is 0.273. The van der Waals surface area contributed by atoms with E-state index >= 15 is 0 Å². The van der Waals surface area contributed by atoms with Gasteiger partial charge in [0.05, 0.1) is 13.7 Å². The number of esters is 1. The lowest BCUT2D eigenvalue weighted by atomic mass is 9.73. The summed E-state index contributed by atoms with van der Waals surface area (Å²) in [4.78, 5) is 25.3. The molecule has 1 aliphatic rings. The third-order valence-corrected chi connectivity index (χ3v) is 5.17. The van der Waals surface area contributed by atoms with Crippen LogP contribution in [0.2, 0.25) is 5.02 Å². The van der Waals surface area contributed by atoms with E-state index in [0.29, 0.717) is 11.3 Å². The highest BCUT2D eigenvalue weighted by atomic mass is 35.5. The third-order valence-electron chi connectivity index (χ3n) is 4.84. The summed E-state index contributed by atoms with van der Waals surface area (Å²) < 4.78 is 24.9. The molecule has 0 spiro atoms. The Morgan fingerprint density at radius 2 is 1.93 bits per heavy atom. The molecule has 0 radical (unpaired) electrons. The van der Waals surface area contributed by atoms with Crippen molar-refractivity contribution in [2.45, 2.75) is 19.3 Å². The van der Waals surface area contributed by atoms with Crippen molar-refractivity contribution < 1.29 is 23.5 Å². The van der Waals surface area contributed by atoms with Crippen LogP contribution in [0.25, 0.3) is 5.57 Å². The van der Waals surface area contributed by atoms with Gasteiger partial charge in [0.25, 0.3) is 0 Å². The van der Waals surface area contributed by atoms with E-state index in [9.17, 15) is 14.0 Å². The molecule has 0 amide bonds. The second-order valence-electron chi connectivity index (χ2n) is 6.48. The number of carbonyl (C=O) groups excluding carboxylic acids is 2. The summed E-state index contributed by atoms with van der Waals surface area (Å²) in [6, 6.07) is 11.5. The zero-order valence-electron chi connectivity index (χ0n) is 15.6. The van der Waals surface area contributed by atoms with Crippen LogP contribution in [0, 0.1) is 11.7 Å². The van der Waals surface area contributed by atoms with Gasteiger partial charge in [-0.3, -0.25) is 9.59 Å². The highest BCUT2D eigenvalue weighted by molar-refractivity contribution is 6.31. The Morgan fingerprint density at radius 3 is 2.54 bits per heavy atom. The van der Waals surface area contributed by atoms with E-state index in [2.05, 4.69) is 0 Å². The average molecular weight is 403 g/mol. The SMILES string of the molecule is CCOC(=O)C1C(=O)C=C(c2ccc(OC)cc2)CC1c1c(F)cccc1Cl. The summed E-state index contributed by atoms with van der Waals surface area (Å²) >= 11 is 6.25. The molecule has 2 aromatic carbocycles. The fourth-order valence-electron chi connectivity index (χ4n) is 3.53. The largest absolute Gasteiger partial charge is 0.497 e. The van der Waals surface area contributed by atoms with Crippen LogP contribution in [0.15, 0.2) is 48.5 Å². The van der Waals surface area contributed by atoms with E-state index < -0.39 is 29.4 Å². The molecule has 2 aromatic rings. The molecule has 0 aliphatic heterocycles. The highest BCUT2D eigenvalue weighted by Gasteiger charge is 2.41. The van der Waals surface area contributed by atoms with Gasteiger partial charge in [0.15, 0.2) is 5.78 Å². The van der Waals surface area contributed by atoms with Gasteiger partial charge in [0.2, 0.25) is 0 Å². The Kier molecular flexibility index (Phi) is 6.15. The van der Waals surface area contributed by atoms with Crippen molar-refractivity contribution in [1.82, 2.24) is 0 Å². The first-order valence-corrected chi connectivity index (χ1v) is 9.33. The minimum absolute atomic E-state index is 0.134. The Bertz CT molecular complexity index is 900. The number of hydrogen-bond acceptors (Lipinski definition) is 4. The Morgan fingerprint density at radius 1 is 1.21 bits per heavy atom. The van der Waals surface area contributed by atoms with Crippen LogP contribution >= 0.6 is 11.6 Å². The standard InChI is InChI=1S/C22H20ClFO4/c1-3-28-22(26)21-16(20-17(23)5-4-6-18(20)24)11-14(12-19(21)25)13-7-9-15(27-2)10-8-13/h4-10,12,16,21H,3,11H2,1-2H3. The summed E-state index contributed by atoms with van der Waals surface area (Å²) in [5, 5.41) is 0.183. The highest BCUT2D eigenvalue weighted by Crippen LogP contribution is 2.43. The van der Waals surface area contributed by atoms with Crippen molar-refractivity contribution in [2.24, 2.45) is 5.92 Å². The Balaban J connectivity index is 2.07. The molecule has 0 saturated carbocycles. The van der Waals surface area contributed by atoms with Gasteiger partial charge in [0, 0.05) is 16.5 Å². The maximum absolute atomic E-state index is 14.6. The molecule has 4 nitrogen and oxygen atoms in total. The molecule has 0 saturated heterocycles. The van der Waals surface area contributed by atoms with E-state index in [4.69, 9.17) is 21.1 Å². The molecular weight excluding hydrogens is 383 g/mol. The molecule has 0 aromatic heterocycles. The molecule has 3 rings (SSSR count). The van der Waals surface area contributed by atoms with E-state index in [1.54, 1.807) is 32.2 Å². The maximum atomic E-state index is 14.6. The van der Waals surface area contributed by atoms with Gasteiger partial charge >= 0.3 is 5.97 Å². The topological polar surface area (TPSA) is 52.6 Å². The van der Waals surface area contributed by atoms with Gasteiger partial charge in [-0.05, 0) is 54.8 Å². The smallest absolute Gasteiger partial charge is 0.317 e. The first-order chi connectivity index (χ1) is 13.5. The van der Waals surface area contributed by atoms with Crippen LogP contribution in [0.3, 0.4) is 0 Å². The van der Waals surface area contributed by atoms with Gasteiger partial charge in [-0.15, -0.1) is 0 Å². The van der Waals surface area contributed by atoms with Crippen molar-refractivity contribution in [3.63, 3.8) is 0 Å². The van der Waals surface area contributed by atoms with Crippen molar-refractivity contribution in [1.29, 1.82) is 0 Å². The third kappa shape index (κ3) is 3.94. The minimum Gasteiger partial charge on any atom is -0.497 e. The van der Waals surface area contributed by atoms with Crippen LogP contribution in [0.4, 0.5) is 4.39 Å². The van der Waals surface area contributed by atoms with Gasteiger partial charge in [-0.25, -0.2) is 4.39 Å². The quantitative estimate of drug-likeness (QED) is 0.532. The van der Waals surface area contributed by atoms with Crippen LogP contribution in [0.1, 0.15) is 30.4 Å². The molecule has 2 atom stereocenters. The van der Waals surface area contributed by atoms with Gasteiger partial charge < -0.3 is 9.47 Å². The molecule has 0 heterocycles. The van der Waals surface area contributed by atoms with Crippen molar-refractivity contribution in [2.75, 3.05) is 13.7 Å². The molecule has 1 aliphatic carbocycles. The fourth-order valence-corrected chi connectivity index (χ4v) is 3.83. The number of ketones is 1. The molecular formula is C22H20ClFO4. The number of benzene rings is 2. The van der Waals surface area contributed by atoms with Crippen LogP contribution in [-0.2, 0) is 14.3 Å². The van der Waals surface area contributed by atoms with Gasteiger partial charge in [-0.2, -0.15) is 0 Å². The van der Waals surface area contributed by atoms with Gasteiger partial charge in [0.1, 0.15) is 17.5 Å². The molecule has 0 N–H and O–H groups in total. The minimum atomic E-state index is -1.13. The van der Waals surface area contributed by atoms with E-state index in [1.165, 1.54) is 18.2 Å². The number of rotatable bonds is 5.